The molecule has 4 heteroatoms. The van der Waals surface area contributed by atoms with E-state index in [4.69, 9.17) is 0 Å². The number of hydrogen-bond donors (Lipinski definition) is 0. The Balaban J connectivity index is 1.84. The molecular weight excluding hydrogens is 280 g/mol. The monoisotopic (exact) mass is 300 g/mol. The van der Waals surface area contributed by atoms with Crippen LogP contribution in [0.3, 0.4) is 0 Å². The van der Waals surface area contributed by atoms with Crippen molar-refractivity contribution in [2.75, 3.05) is 36.5 Å². The van der Waals surface area contributed by atoms with E-state index in [1.54, 1.807) is 11.3 Å². The molecule has 0 atom stereocenters. The first kappa shape index (κ1) is 14.1. The molecule has 2 heterocycles. The van der Waals surface area contributed by atoms with Crippen molar-refractivity contribution in [3.63, 3.8) is 0 Å². The van der Waals surface area contributed by atoms with Crippen LogP contribution in [0.5, 0.6) is 0 Å². The van der Waals surface area contributed by atoms with E-state index in [0.29, 0.717) is 6.54 Å². The predicted molar refractivity (Wildman–Crippen MR) is 90.0 cm³/mol. The Morgan fingerprint density at radius 2 is 1.90 bits per heavy atom. The Kier molecular flexibility index (Phi) is 3.72. The Hall–Kier alpha value is -1.81. The smallest absolute Gasteiger partial charge is 0.183 e. The average molecular weight is 300 g/mol. The number of anilines is 2. The first-order valence-corrected chi connectivity index (χ1v) is 8.03. The van der Waals surface area contributed by atoms with Crippen LogP contribution in [0.25, 0.3) is 0 Å². The van der Waals surface area contributed by atoms with Crippen LogP contribution in [0.2, 0.25) is 0 Å². The van der Waals surface area contributed by atoms with E-state index in [9.17, 15) is 4.79 Å². The maximum atomic E-state index is 12.6. The van der Waals surface area contributed by atoms with Gasteiger partial charge in [0.15, 0.2) is 5.78 Å². The molecule has 0 radical (unpaired) electrons. The van der Waals surface area contributed by atoms with Gasteiger partial charge in [-0.1, -0.05) is 12.1 Å². The highest BCUT2D eigenvalue weighted by Crippen LogP contribution is 2.32. The van der Waals surface area contributed by atoms with Crippen molar-refractivity contribution in [3.8, 4) is 0 Å². The molecule has 0 saturated heterocycles. The van der Waals surface area contributed by atoms with Crippen LogP contribution in [-0.2, 0) is 0 Å². The second-order valence-corrected chi connectivity index (χ2v) is 7.04. The summed E-state index contributed by atoms with van der Waals surface area (Å²) in [6.07, 6.45) is 0. The van der Waals surface area contributed by atoms with E-state index < -0.39 is 0 Å². The fourth-order valence-electron chi connectivity index (χ4n) is 2.90. The zero-order valence-electron chi connectivity index (χ0n) is 12.7. The van der Waals surface area contributed by atoms with Gasteiger partial charge in [-0.2, -0.15) is 0 Å². The van der Waals surface area contributed by atoms with Crippen molar-refractivity contribution in [1.82, 2.24) is 0 Å². The molecule has 110 valence electrons. The molecule has 1 aliphatic rings. The molecule has 3 nitrogen and oxygen atoms in total. The van der Waals surface area contributed by atoms with E-state index >= 15 is 0 Å². The molecule has 0 saturated carbocycles. The second kappa shape index (κ2) is 5.53. The molecule has 0 unspecified atom stereocenters. The molecule has 1 aliphatic heterocycles. The first-order chi connectivity index (χ1) is 10.1. The highest BCUT2D eigenvalue weighted by atomic mass is 32.1. The molecule has 0 aliphatic carbocycles. The number of fused-ring (bicyclic) bond motifs is 1. The van der Waals surface area contributed by atoms with Crippen molar-refractivity contribution in [2.45, 2.75) is 13.8 Å². The SMILES string of the molecule is Cc1cc(C(=O)CN2CCN(C)c3ccccc32)c(C)s1. The van der Waals surface area contributed by atoms with Gasteiger partial charge in [0.05, 0.1) is 17.9 Å². The van der Waals surface area contributed by atoms with Crippen LogP contribution < -0.4 is 9.80 Å². The lowest BCUT2D eigenvalue weighted by Gasteiger charge is -2.36. The maximum Gasteiger partial charge on any atom is 0.183 e. The molecule has 3 rings (SSSR count). The van der Waals surface area contributed by atoms with Crippen LogP contribution in [0.4, 0.5) is 11.4 Å². The number of hydrogen-bond acceptors (Lipinski definition) is 4. The largest absolute Gasteiger partial charge is 0.371 e. The summed E-state index contributed by atoms with van der Waals surface area (Å²) in [5, 5.41) is 0. The van der Waals surface area contributed by atoms with Crippen molar-refractivity contribution < 1.29 is 4.79 Å². The quantitative estimate of drug-likeness (QED) is 0.811. The molecule has 0 fully saturated rings. The Bertz CT molecular complexity index is 677. The lowest BCUT2D eigenvalue weighted by molar-refractivity contribution is 0.0999. The van der Waals surface area contributed by atoms with Gasteiger partial charge in [-0.05, 0) is 32.0 Å². The third kappa shape index (κ3) is 2.68. The van der Waals surface area contributed by atoms with Gasteiger partial charge in [-0.3, -0.25) is 4.79 Å². The Labute approximate surface area is 129 Å². The lowest BCUT2D eigenvalue weighted by atomic mass is 10.1. The summed E-state index contributed by atoms with van der Waals surface area (Å²) in [7, 11) is 2.10. The van der Waals surface area contributed by atoms with Crippen molar-refractivity contribution >= 4 is 28.5 Å². The maximum absolute atomic E-state index is 12.6. The number of rotatable bonds is 3. The molecule has 2 aromatic rings. The summed E-state index contributed by atoms with van der Waals surface area (Å²) in [4.78, 5) is 19.4. The fourth-order valence-corrected chi connectivity index (χ4v) is 3.84. The average Bonchev–Trinajstić information content (AvgIpc) is 2.81. The number of ketones is 1. The van der Waals surface area contributed by atoms with Crippen LogP contribution in [0.15, 0.2) is 30.3 Å². The molecule has 1 aromatic carbocycles. The zero-order chi connectivity index (χ0) is 15.0. The third-order valence-corrected chi connectivity index (χ3v) is 4.98. The van der Waals surface area contributed by atoms with Gasteiger partial charge >= 0.3 is 0 Å². The normalized spacial score (nSPS) is 14.2. The highest BCUT2D eigenvalue weighted by molar-refractivity contribution is 7.12. The van der Waals surface area contributed by atoms with Gasteiger partial charge in [0.2, 0.25) is 0 Å². The van der Waals surface area contributed by atoms with Crippen molar-refractivity contribution in [3.05, 3.63) is 45.6 Å². The summed E-state index contributed by atoms with van der Waals surface area (Å²) in [5.74, 6) is 0.219. The second-order valence-electron chi connectivity index (χ2n) is 5.58. The number of carbonyl (C=O) groups excluding carboxylic acids is 1. The lowest BCUT2D eigenvalue weighted by Crippen LogP contribution is -2.41. The molecular formula is C17H20N2OS. The van der Waals surface area contributed by atoms with E-state index in [-0.39, 0.29) is 5.78 Å². The highest BCUT2D eigenvalue weighted by Gasteiger charge is 2.23. The number of nitrogens with zero attached hydrogens (tertiary/aromatic N) is 2. The molecule has 0 spiro atoms. The molecule has 0 bridgehead atoms. The van der Waals surface area contributed by atoms with Crippen LogP contribution >= 0.6 is 11.3 Å². The van der Waals surface area contributed by atoms with Gasteiger partial charge in [-0.25, -0.2) is 0 Å². The van der Waals surface area contributed by atoms with E-state index in [1.807, 2.05) is 25.1 Å². The topological polar surface area (TPSA) is 23.6 Å². The number of likely N-dealkylation sites (N-methyl/N-ethyl adjacent to an activating group) is 1. The summed E-state index contributed by atoms with van der Waals surface area (Å²) < 4.78 is 0. The third-order valence-electron chi connectivity index (χ3n) is 4.01. The summed E-state index contributed by atoms with van der Waals surface area (Å²) in [5.41, 5.74) is 3.24. The van der Waals surface area contributed by atoms with Gasteiger partial charge in [0.25, 0.3) is 0 Å². The minimum Gasteiger partial charge on any atom is -0.371 e. The Morgan fingerprint density at radius 3 is 2.57 bits per heavy atom. The van der Waals surface area contributed by atoms with Gasteiger partial charge in [0, 0.05) is 35.5 Å². The summed E-state index contributed by atoms with van der Waals surface area (Å²) in [6, 6.07) is 10.3. The standard InChI is InChI=1S/C17H20N2OS/c1-12-10-14(13(2)21-12)17(20)11-19-9-8-18(3)15-6-4-5-7-16(15)19/h4-7,10H,8-9,11H2,1-3H3. The van der Waals surface area contributed by atoms with Crippen LogP contribution in [0.1, 0.15) is 20.1 Å². The zero-order valence-corrected chi connectivity index (χ0v) is 13.5. The van der Waals surface area contributed by atoms with Crippen molar-refractivity contribution in [1.29, 1.82) is 0 Å². The van der Waals surface area contributed by atoms with Crippen molar-refractivity contribution in [2.24, 2.45) is 0 Å². The molecule has 21 heavy (non-hydrogen) atoms. The number of para-hydroxylation sites is 2. The van der Waals surface area contributed by atoms with E-state index in [0.717, 1.165) is 29.2 Å². The summed E-state index contributed by atoms with van der Waals surface area (Å²) in [6.45, 7) is 6.39. The van der Waals surface area contributed by atoms with E-state index in [1.165, 1.54) is 10.6 Å². The van der Waals surface area contributed by atoms with Gasteiger partial charge in [-0.15, -0.1) is 11.3 Å². The predicted octanol–water partition coefficient (Wildman–Crippen LogP) is 3.50. The number of aryl methyl sites for hydroxylation is 2. The minimum absolute atomic E-state index is 0.219. The number of Topliss-reactive ketones (excluding diaryl/α,β-unsaturated/α-hetero) is 1. The van der Waals surface area contributed by atoms with Crippen LogP contribution in [0, 0.1) is 13.8 Å². The fraction of sp³-hybridized carbons (Fsp3) is 0.353. The molecule has 0 amide bonds. The summed E-state index contributed by atoms with van der Waals surface area (Å²) >= 11 is 1.70. The number of carbonyl (C=O) groups is 1. The Morgan fingerprint density at radius 1 is 1.19 bits per heavy atom. The van der Waals surface area contributed by atoms with Gasteiger partial charge in [0.1, 0.15) is 0 Å². The first-order valence-electron chi connectivity index (χ1n) is 7.21. The molecule has 1 aromatic heterocycles. The molecule has 0 N–H and O–H groups in total. The van der Waals surface area contributed by atoms with E-state index in [2.05, 4.69) is 35.9 Å². The van der Waals surface area contributed by atoms with Gasteiger partial charge < -0.3 is 9.80 Å². The minimum atomic E-state index is 0.219. The number of thiophene rings is 1. The number of benzene rings is 1. The van der Waals surface area contributed by atoms with Crippen LogP contribution in [-0.4, -0.2) is 32.5 Å².